The summed E-state index contributed by atoms with van der Waals surface area (Å²) in [5.41, 5.74) is 0.527. The summed E-state index contributed by atoms with van der Waals surface area (Å²) in [6.07, 6.45) is -1.50. The topological polar surface area (TPSA) is 79.2 Å². The zero-order valence-corrected chi connectivity index (χ0v) is 12.4. The first-order valence-electron chi connectivity index (χ1n) is 7.59. The minimum Gasteiger partial charge on any atom is -0.385 e. The van der Waals surface area contributed by atoms with Crippen molar-refractivity contribution in [3.8, 4) is 0 Å². The Labute approximate surface area is 129 Å². The number of carbonyl (C=O) groups excluding carboxylic acids is 1. The molecule has 3 rings (SSSR count). The third kappa shape index (κ3) is 3.01. The summed E-state index contributed by atoms with van der Waals surface area (Å²) in [6.45, 7) is 2.08. The number of aliphatic hydroxyl groups is 2. The monoisotopic (exact) mass is 307 g/mol. The molecule has 0 radical (unpaired) electrons. The Bertz CT molecular complexity index is 505. The molecule has 120 valence electrons. The van der Waals surface area contributed by atoms with E-state index in [9.17, 15) is 15.0 Å². The van der Waals surface area contributed by atoms with Crippen molar-refractivity contribution in [3.05, 3.63) is 35.9 Å². The molecule has 0 saturated carbocycles. The largest absolute Gasteiger partial charge is 0.385 e. The van der Waals surface area contributed by atoms with Crippen molar-refractivity contribution in [3.63, 3.8) is 0 Å². The van der Waals surface area contributed by atoms with E-state index in [-0.39, 0.29) is 0 Å². The minimum absolute atomic E-state index is 0.454. The Hall–Kier alpha value is -1.47. The maximum atomic E-state index is 12.4. The first kappa shape index (κ1) is 15.4. The molecule has 1 aromatic rings. The van der Waals surface area contributed by atoms with E-state index >= 15 is 0 Å². The van der Waals surface area contributed by atoms with Crippen LogP contribution in [0.3, 0.4) is 0 Å². The van der Waals surface area contributed by atoms with E-state index in [2.05, 4.69) is 0 Å². The van der Waals surface area contributed by atoms with Gasteiger partial charge in [-0.05, 0) is 5.56 Å². The van der Waals surface area contributed by atoms with Crippen LogP contribution in [-0.2, 0) is 14.3 Å². The van der Waals surface area contributed by atoms with Crippen LogP contribution in [0.1, 0.15) is 24.5 Å². The predicted octanol–water partition coefficient (Wildman–Crippen LogP) is 0.446. The van der Waals surface area contributed by atoms with Crippen LogP contribution >= 0.6 is 0 Å². The van der Waals surface area contributed by atoms with Crippen molar-refractivity contribution in [1.82, 2.24) is 4.90 Å². The SMILES string of the molecule is O=C([C@H](O)[C@@H](O)c1ccccc1)N1CCC2(CC1)OCCO2. The fraction of sp³-hybridized carbons (Fsp3) is 0.562. The number of piperidine rings is 1. The molecule has 22 heavy (non-hydrogen) atoms. The molecule has 1 amide bonds. The first-order chi connectivity index (χ1) is 10.6. The van der Waals surface area contributed by atoms with Crippen LogP contribution < -0.4 is 0 Å². The van der Waals surface area contributed by atoms with Gasteiger partial charge in [0, 0.05) is 25.9 Å². The molecule has 6 heteroatoms. The molecule has 0 unspecified atom stereocenters. The van der Waals surface area contributed by atoms with Gasteiger partial charge in [0.05, 0.1) is 13.2 Å². The molecule has 2 N–H and O–H groups in total. The summed E-state index contributed by atoms with van der Waals surface area (Å²) in [5.74, 6) is -1.01. The van der Waals surface area contributed by atoms with E-state index in [4.69, 9.17) is 9.47 Å². The van der Waals surface area contributed by atoms with Crippen molar-refractivity contribution in [1.29, 1.82) is 0 Å². The van der Waals surface area contributed by atoms with E-state index in [0.717, 1.165) is 0 Å². The molecule has 2 saturated heterocycles. The Balaban J connectivity index is 1.59. The molecule has 1 aromatic carbocycles. The van der Waals surface area contributed by atoms with Crippen LogP contribution in [-0.4, -0.2) is 59.2 Å². The molecule has 2 fully saturated rings. The fourth-order valence-corrected chi connectivity index (χ4v) is 3.01. The Morgan fingerprint density at radius 3 is 2.27 bits per heavy atom. The van der Waals surface area contributed by atoms with Gasteiger partial charge in [-0.25, -0.2) is 0 Å². The highest BCUT2D eigenvalue weighted by atomic mass is 16.7. The second kappa shape index (κ2) is 6.34. The van der Waals surface area contributed by atoms with Crippen molar-refractivity contribution < 1.29 is 24.5 Å². The Kier molecular flexibility index (Phi) is 4.44. The smallest absolute Gasteiger partial charge is 0.254 e. The number of hydrogen-bond donors (Lipinski definition) is 2. The third-order valence-electron chi connectivity index (χ3n) is 4.34. The molecule has 1 spiro atoms. The van der Waals surface area contributed by atoms with Crippen LogP contribution in [0.2, 0.25) is 0 Å². The van der Waals surface area contributed by atoms with Crippen LogP contribution in [0, 0.1) is 0 Å². The molecule has 2 aliphatic heterocycles. The van der Waals surface area contributed by atoms with Gasteiger partial charge in [0.2, 0.25) is 0 Å². The molecule has 0 aromatic heterocycles. The zero-order chi connectivity index (χ0) is 15.6. The normalized spacial score (nSPS) is 23.5. The molecule has 6 nitrogen and oxygen atoms in total. The lowest BCUT2D eigenvalue weighted by Gasteiger charge is -2.38. The number of likely N-dealkylation sites (tertiary alicyclic amines) is 1. The molecular formula is C16H21NO5. The van der Waals surface area contributed by atoms with Gasteiger partial charge >= 0.3 is 0 Å². The number of benzene rings is 1. The lowest BCUT2D eigenvalue weighted by molar-refractivity contribution is -0.190. The Morgan fingerprint density at radius 2 is 1.68 bits per heavy atom. The quantitative estimate of drug-likeness (QED) is 0.847. The van der Waals surface area contributed by atoms with Crippen molar-refractivity contribution >= 4 is 5.91 Å². The number of hydrogen-bond acceptors (Lipinski definition) is 5. The summed E-state index contributed by atoms with van der Waals surface area (Å²) in [4.78, 5) is 13.9. The number of rotatable bonds is 3. The van der Waals surface area contributed by atoms with E-state index in [0.29, 0.717) is 44.7 Å². The summed E-state index contributed by atoms with van der Waals surface area (Å²) in [6, 6.07) is 8.71. The van der Waals surface area contributed by atoms with Gasteiger partial charge in [0.15, 0.2) is 11.9 Å². The molecular weight excluding hydrogens is 286 g/mol. The number of aliphatic hydroxyl groups excluding tert-OH is 2. The Morgan fingerprint density at radius 1 is 1.09 bits per heavy atom. The van der Waals surface area contributed by atoms with Crippen LogP contribution in [0.5, 0.6) is 0 Å². The van der Waals surface area contributed by atoms with Crippen molar-refractivity contribution in [2.45, 2.75) is 30.8 Å². The predicted molar refractivity (Wildman–Crippen MR) is 77.9 cm³/mol. The first-order valence-corrected chi connectivity index (χ1v) is 7.59. The standard InChI is InChI=1S/C16H21NO5/c18-13(12-4-2-1-3-5-12)14(19)15(20)17-8-6-16(7-9-17)21-10-11-22-16/h1-5,13-14,18-19H,6-11H2/t13-,14+/m0/s1. The second-order valence-electron chi connectivity index (χ2n) is 5.73. The number of nitrogens with zero attached hydrogens (tertiary/aromatic N) is 1. The van der Waals surface area contributed by atoms with Crippen LogP contribution in [0.25, 0.3) is 0 Å². The van der Waals surface area contributed by atoms with Crippen molar-refractivity contribution in [2.24, 2.45) is 0 Å². The highest BCUT2D eigenvalue weighted by Crippen LogP contribution is 2.32. The average molecular weight is 307 g/mol. The van der Waals surface area contributed by atoms with Gasteiger partial charge in [-0.3, -0.25) is 4.79 Å². The van der Waals surface area contributed by atoms with Gasteiger partial charge in [0.1, 0.15) is 6.10 Å². The summed E-state index contributed by atoms with van der Waals surface area (Å²) >= 11 is 0. The third-order valence-corrected chi connectivity index (χ3v) is 4.34. The van der Waals surface area contributed by atoms with Gasteiger partial charge in [0.25, 0.3) is 5.91 Å². The summed E-state index contributed by atoms with van der Waals surface area (Å²) in [7, 11) is 0. The van der Waals surface area contributed by atoms with E-state index in [1.807, 2.05) is 6.07 Å². The highest BCUT2D eigenvalue weighted by Gasteiger charge is 2.42. The van der Waals surface area contributed by atoms with Crippen molar-refractivity contribution in [2.75, 3.05) is 26.3 Å². The number of amides is 1. The number of ether oxygens (including phenoxy) is 2. The van der Waals surface area contributed by atoms with Gasteiger partial charge in [-0.15, -0.1) is 0 Å². The lowest BCUT2D eigenvalue weighted by atomic mass is 10.00. The fourth-order valence-electron chi connectivity index (χ4n) is 3.01. The van der Waals surface area contributed by atoms with Crippen LogP contribution in [0.15, 0.2) is 30.3 Å². The van der Waals surface area contributed by atoms with E-state index < -0.39 is 23.9 Å². The van der Waals surface area contributed by atoms with E-state index in [1.54, 1.807) is 29.2 Å². The van der Waals surface area contributed by atoms with Gasteiger partial charge < -0.3 is 24.6 Å². The average Bonchev–Trinajstić information content (AvgIpc) is 3.02. The summed E-state index contributed by atoms with van der Waals surface area (Å²) < 4.78 is 11.2. The van der Waals surface area contributed by atoms with Crippen LogP contribution in [0.4, 0.5) is 0 Å². The highest BCUT2D eigenvalue weighted by molar-refractivity contribution is 5.81. The maximum absolute atomic E-state index is 12.4. The molecule has 2 atom stereocenters. The molecule has 2 heterocycles. The van der Waals surface area contributed by atoms with E-state index in [1.165, 1.54) is 0 Å². The molecule has 0 aliphatic carbocycles. The minimum atomic E-state index is -1.46. The lowest BCUT2D eigenvalue weighted by Crippen LogP contribution is -2.51. The molecule has 2 aliphatic rings. The van der Waals surface area contributed by atoms with Gasteiger partial charge in [-0.2, -0.15) is 0 Å². The molecule has 0 bridgehead atoms. The second-order valence-corrected chi connectivity index (χ2v) is 5.73. The van der Waals surface area contributed by atoms with Gasteiger partial charge in [-0.1, -0.05) is 30.3 Å². The number of carbonyl (C=O) groups is 1. The zero-order valence-electron chi connectivity index (χ0n) is 12.4. The summed E-state index contributed by atoms with van der Waals surface area (Å²) in [5, 5.41) is 20.3. The maximum Gasteiger partial charge on any atom is 0.254 e.